The number of rotatable bonds is 3. The summed E-state index contributed by atoms with van der Waals surface area (Å²) in [4.78, 5) is 20.7. The number of non-ortho nitro benzene ring substituents is 1. The molecule has 0 saturated heterocycles. The van der Waals surface area contributed by atoms with Crippen molar-refractivity contribution in [3.05, 3.63) is 45.5 Å². The van der Waals surface area contributed by atoms with Crippen molar-refractivity contribution < 1.29 is 27.6 Å². The fourth-order valence-electron chi connectivity index (χ4n) is 1.23. The minimum absolute atomic E-state index is 0.00308. The molecule has 0 aromatic heterocycles. The van der Waals surface area contributed by atoms with Gasteiger partial charge in [0.2, 0.25) is 0 Å². The second-order valence-electron chi connectivity index (χ2n) is 3.40. The van der Waals surface area contributed by atoms with Crippen LogP contribution in [0.1, 0.15) is 5.56 Å². The lowest BCUT2D eigenvalue weighted by Crippen LogP contribution is -2.21. The van der Waals surface area contributed by atoms with Gasteiger partial charge in [0.25, 0.3) is 5.69 Å². The van der Waals surface area contributed by atoms with E-state index in [9.17, 15) is 28.1 Å². The average molecular weight is 275 g/mol. The number of ether oxygens (including phenoxy) is 1. The van der Waals surface area contributed by atoms with Crippen LogP contribution in [0.3, 0.4) is 0 Å². The summed E-state index contributed by atoms with van der Waals surface area (Å²) in [5.74, 6) is -1.52. The van der Waals surface area contributed by atoms with E-state index in [2.05, 4.69) is 4.74 Å². The first-order valence-corrected chi connectivity index (χ1v) is 4.87. The second-order valence-corrected chi connectivity index (χ2v) is 3.40. The number of nitro benzene ring substituents is 1. The van der Waals surface area contributed by atoms with Gasteiger partial charge >= 0.3 is 12.1 Å². The summed E-state index contributed by atoms with van der Waals surface area (Å²) in [5, 5.41) is 10.4. The Morgan fingerprint density at radius 3 is 2.21 bits per heavy atom. The highest BCUT2D eigenvalue weighted by molar-refractivity contribution is 5.95. The highest BCUT2D eigenvalue weighted by Crippen LogP contribution is 2.28. The topological polar surface area (TPSA) is 69.4 Å². The molecule has 1 aromatic rings. The number of nitro groups is 1. The van der Waals surface area contributed by atoms with Crippen molar-refractivity contribution in [3.63, 3.8) is 0 Å². The number of nitrogens with zero attached hydrogens (tertiary/aromatic N) is 1. The van der Waals surface area contributed by atoms with Crippen LogP contribution in [0.15, 0.2) is 29.8 Å². The van der Waals surface area contributed by atoms with Gasteiger partial charge in [-0.15, -0.1) is 0 Å². The normalized spacial score (nSPS) is 12.1. The number of esters is 1. The quantitative estimate of drug-likeness (QED) is 0.368. The molecule has 0 heterocycles. The lowest BCUT2D eigenvalue weighted by molar-refractivity contribution is -0.384. The van der Waals surface area contributed by atoms with Crippen molar-refractivity contribution in [1.82, 2.24) is 0 Å². The SMILES string of the molecule is COC(=O)C(=Cc1ccc([N+](=O)[O-])cc1)C(F)(F)F. The second kappa shape index (κ2) is 5.51. The molecule has 8 heteroatoms. The fourth-order valence-corrected chi connectivity index (χ4v) is 1.23. The number of hydrogen-bond acceptors (Lipinski definition) is 4. The third kappa shape index (κ3) is 3.80. The first kappa shape index (κ1) is 14.7. The van der Waals surface area contributed by atoms with Crippen molar-refractivity contribution in [2.24, 2.45) is 0 Å². The van der Waals surface area contributed by atoms with Crippen LogP contribution in [0.4, 0.5) is 18.9 Å². The van der Waals surface area contributed by atoms with Gasteiger partial charge in [-0.1, -0.05) is 0 Å². The summed E-state index contributed by atoms with van der Waals surface area (Å²) in [6.45, 7) is 0. The third-order valence-electron chi connectivity index (χ3n) is 2.13. The predicted octanol–water partition coefficient (Wildman–Crippen LogP) is 2.71. The summed E-state index contributed by atoms with van der Waals surface area (Å²) in [5.41, 5.74) is -1.74. The molecule has 0 fully saturated rings. The minimum atomic E-state index is -4.87. The molecule has 102 valence electrons. The van der Waals surface area contributed by atoms with Crippen LogP contribution in [-0.4, -0.2) is 24.2 Å². The number of benzene rings is 1. The fraction of sp³-hybridized carbons (Fsp3) is 0.182. The molecule has 0 radical (unpaired) electrons. The van der Waals surface area contributed by atoms with Crippen molar-refractivity contribution in [2.45, 2.75) is 6.18 Å². The number of alkyl halides is 3. The largest absolute Gasteiger partial charge is 0.465 e. The molecule has 1 rings (SSSR count). The van der Waals surface area contributed by atoms with Gasteiger partial charge in [-0.3, -0.25) is 10.1 Å². The van der Waals surface area contributed by atoms with E-state index < -0.39 is 22.6 Å². The zero-order chi connectivity index (χ0) is 14.6. The van der Waals surface area contributed by atoms with Crippen molar-refractivity contribution in [2.75, 3.05) is 7.11 Å². The Bertz CT molecular complexity index is 520. The molecule has 0 amide bonds. The maximum atomic E-state index is 12.6. The minimum Gasteiger partial charge on any atom is -0.465 e. The van der Waals surface area contributed by atoms with Gasteiger partial charge in [-0.05, 0) is 23.8 Å². The van der Waals surface area contributed by atoms with E-state index in [1.807, 2.05) is 0 Å². The molecule has 0 aliphatic heterocycles. The van der Waals surface area contributed by atoms with E-state index in [4.69, 9.17) is 0 Å². The Labute approximate surface area is 105 Å². The van der Waals surface area contributed by atoms with Gasteiger partial charge < -0.3 is 4.74 Å². The van der Waals surface area contributed by atoms with Gasteiger partial charge in [0.1, 0.15) is 5.57 Å². The first-order valence-electron chi connectivity index (χ1n) is 4.87. The van der Waals surface area contributed by atoms with Crippen LogP contribution in [0, 0.1) is 10.1 Å². The van der Waals surface area contributed by atoms with Gasteiger partial charge in [0.05, 0.1) is 12.0 Å². The van der Waals surface area contributed by atoms with Crippen LogP contribution in [0.2, 0.25) is 0 Å². The van der Waals surface area contributed by atoms with E-state index >= 15 is 0 Å². The lowest BCUT2D eigenvalue weighted by Gasteiger charge is -2.09. The van der Waals surface area contributed by atoms with Crippen LogP contribution < -0.4 is 0 Å². The number of methoxy groups -OCH3 is 1. The lowest BCUT2D eigenvalue weighted by atomic mass is 10.1. The Kier molecular flexibility index (Phi) is 4.26. The van der Waals surface area contributed by atoms with Crippen LogP contribution in [-0.2, 0) is 9.53 Å². The Balaban J connectivity index is 3.16. The zero-order valence-corrected chi connectivity index (χ0v) is 9.60. The molecule has 0 N–H and O–H groups in total. The maximum Gasteiger partial charge on any atom is 0.423 e. The van der Waals surface area contributed by atoms with Gasteiger partial charge in [0, 0.05) is 12.1 Å². The van der Waals surface area contributed by atoms with Crippen LogP contribution in [0.5, 0.6) is 0 Å². The predicted molar refractivity (Wildman–Crippen MR) is 59.1 cm³/mol. The summed E-state index contributed by atoms with van der Waals surface area (Å²) >= 11 is 0. The Hall–Kier alpha value is -2.38. The van der Waals surface area contributed by atoms with Crippen molar-refractivity contribution in [3.8, 4) is 0 Å². The molecule has 5 nitrogen and oxygen atoms in total. The van der Waals surface area contributed by atoms with E-state index in [0.717, 1.165) is 31.4 Å². The van der Waals surface area contributed by atoms with Crippen molar-refractivity contribution >= 4 is 17.7 Å². The molecule has 19 heavy (non-hydrogen) atoms. The summed E-state index contributed by atoms with van der Waals surface area (Å²) in [6, 6.07) is 4.29. The molecule has 0 bridgehead atoms. The Morgan fingerprint density at radius 2 is 1.84 bits per heavy atom. The first-order chi connectivity index (χ1) is 8.75. The summed E-state index contributed by atoms with van der Waals surface area (Å²) in [7, 11) is 0.831. The molecule has 1 aromatic carbocycles. The highest BCUT2D eigenvalue weighted by atomic mass is 19.4. The molecular weight excluding hydrogens is 267 g/mol. The molecule has 0 atom stereocenters. The number of carbonyl (C=O) groups excluding carboxylic acids is 1. The van der Waals surface area contributed by atoms with E-state index in [1.165, 1.54) is 0 Å². The standard InChI is InChI=1S/C11H8F3NO4/c1-19-10(16)9(11(12,13)14)6-7-2-4-8(5-3-7)15(17)18/h2-6H,1H3. The monoisotopic (exact) mass is 275 g/mol. The number of hydrogen-bond donors (Lipinski definition) is 0. The van der Waals surface area contributed by atoms with E-state index in [1.54, 1.807) is 0 Å². The molecular formula is C11H8F3NO4. The summed E-state index contributed by atoms with van der Waals surface area (Å²) < 4.78 is 41.8. The molecule has 0 aliphatic carbocycles. The smallest absolute Gasteiger partial charge is 0.423 e. The number of carbonyl (C=O) groups is 1. The molecule has 0 saturated carbocycles. The average Bonchev–Trinajstić information content (AvgIpc) is 2.34. The van der Waals surface area contributed by atoms with Gasteiger partial charge in [-0.25, -0.2) is 4.79 Å². The van der Waals surface area contributed by atoms with E-state index in [0.29, 0.717) is 6.08 Å². The third-order valence-corrected chi connectivity index (χ3v) is 2.13. The van der Waals surface area contributed by atoms with E-state index in [-0.39, 0.29) is 11.3 Å². The van der Waals surface area contributed by atoms with Crippen LogP contribution >= 0.6 is 0 Å². The molecule has 0 spiro atoms. The molecule has 0 aliphatic rings. The highest BCUT2D eigenvalue weighted by Gasteiger charge is 2.39. The number of halogens is 3. The maximum absolute atomic E-state index is 12.6. The van der Waals surface area contributed by atoms with Gasteiger partial charge in [0.15, 0.2) is 0 Å². The van der Waals surface area contributed by atoms with Crippen molar-refractivity contribution in [1.29, 1.82) is 0 Å². The molecule has 0 unspecified atom stereocenters. The summed E-state index contributed by atoms with van der Waals surface area (Å²) in [6.07, 6.45) is -4.30. The zero-order valence-electron chi connectivity index (χ0n) is 9.60. The van der Waals surface area contributed by atoms with Crippen LogP contribution in [0.25, 0.3) is 6.08 Å². The van der Waals surface area contributed by atoms with Gasteiger partial charge in [-0.2, -0.15) is 13.2 Å². The Morgan fingerprint density at radius 1 is 1.32 bits per heavy atom.